The van der Waals surface area contributed by atoms with E-state index in [1.165, 1.54) is 22.0 Å². The Labute approximate surface area is 169 Å². The lowest BCUT2D eigenvalue weighted by molar-refractivity contribution is 0.972. The van der Waals surface area contributed by atoms with Gasteiger partial charge in [0.05, 0.1) is 0 Å². The van der Waals surface area contributed by atoms with Crippen molar-refractivity contribution in [3.63, 3.8) is 0 Å². The van der Waals surface area contributed by atoms with Crippen molar-refractivity contribution in [2.24, 2.45) is 0 Å². The second kappa shape index (κ2) is 8.76. The Bertz CT molecular complexity index is 1040. The van der Waals surface area contributed by atoms with E-state index in [0.717, 1.165) is 36.8 Å². The Morgan fingerprint density at radius 3 is 2.61 bits per heavy atom. The third-order valence-electron chi connectivity index (χ3n) is 4.64. The monoisotopic (exact) mass is 391 g/mol. The molecule has 0 fully saturated rings. The number of benzene rings is 2. The molecule has 6 heteroatoms. The topological polar surface area (TPSA) is 65.6 Å². The summed E-state index contributed by atoms with van der Waals surface area (Å²) in [5.74, 6) is 1.45. The van der Waals surface area contributed by atoms with E-state index in [0.29, 0.717) is 5.95 Å². The molecule has 2 heterocycles. The molecular weight excluding hydrogens is 370 g/mol. The molecule has 0 atom stereocenters. The largest absolute Gasteiger partial charge is 0.370 e. The van der Waals surface area contributed by atoms with Crippen LogP contribution in [0.4, 0.5) is 11.8 Å². The first-order valence-electron chi connectivity index (χ1n) is 9.38. The summed E-state index contributed by atoms with van der Waals surface area (Å²) in [5.41, 5.74) is 3.70. The maximum atomic E-state index is 5.92. The van der Waals surface area contributed by atoms with Crippen molar-refractivity contribution in [3.8, 4) is 0 Å². The Kier molecular flexibility index (Phi) is 5.73. The fraction of sp³-hybridized carbons (Fsp3) is 0.182. The summed E-state index contributed by atoms with van der Waals surface area (Å²) in [6, 6.07) is 18.1. The molecule has 142 valence electrons. The van der Waals surface area contributed by atoms with Gasteiger partial charge in [-0.05, 0) is 48.2 Å². The molecule has 28 heavy (non-hydrogen) atoms. The highest BCUT2D eigenvalue weighted by atomic mass is 35.5. The first-order chi connectivity index (χ1) is 13.8. The van der Waals surface area contributed by atoms with Gasteiger partial charge in [0.2, 0.25) is 5.95 Å². The van der Waals surface area contributed by atoms with Crippen LogP contribution in [0.5, 0.6) is 0 Å². The molecule has 0 saturated carbocycles. The molecule has 0 bridgehead atoms. The SMILES string of the molecule is Clc1ccc(CCNc2nccc(NCCc3c[nH]c4ccccc34)n2)cc1. The first-order valence-corrected chi connectivity index (χ1v) is 9.76. The molecule has 2 aromatic carbocycles. The van der Waals surface area contributed by atoms with E-state index in [4.69, 9.17) is 11.6 Å². The third kappa shape index (κ3) is 4.61. The van der Waals surface area contributed by atoms with Crippen molar-refractivity contribution in [3.05, 3.63) is 83.1 Å². The summed E-state index contributed by atoms with van der Waals surface area (Å²) in [6.07, 6.45) is 5.66. The number of nitrogens with one attached hydrogen (secondary N) is 3. The number of para-hydroxylation sites is 1. The molecule has 5 nitrogen and oxygen atoms in total. The normalized spacial score (nSPS) is 10.9. The minimum absolute atomic E-state index is 0.631. The molecule has 0 aliphatic carbocycles. The molecule has 3 N–H and O–H groups in total. The van der Waals surface area contributed by atoms with Gasteiger partial charge < -0.3 is 15.6 Å². The van der Waals surface area contributed by atoms with E-state index in [2.05, 4.69) is 50.0 Å². The minimum atomic E-state index is 0.631. The van der Waals surface area contributed by atoms with Gasteiger partial charge in [0.25, 0.3) is 0 Å². The molecule has 0 unspecified atom stereocenters. The lowest BCUT2D eigenvalue weighted by Crippen LogP contribution is -2.10. The predicted molar refractivity (Wildman–Crippen MR) is 116 cm³/mol. The second-order valence-electron chi connectivity index (χ2n) is 6.61. The van der Waals surface area contributed by atoms with Crippen molar-refractivity contribution >= 4 is 34.3 Å². The number of aromatic nitrogens is 3. The van der Waals surface area contributed by atoms with Gasteiger partial charge in [-0.3, -0.25) is 0 Å². The van der Waals surface area contributed by atoms with E-state index in [9.17, 15) is 0 Å². The number of anilines is 2. The Hall–Kier alpha value is -3.05. The number of halogens is 1. The lowest BCUT2D eigenvalue weighted by atomic mass is 10.1. The van der Waals surface area contributed by atoms with Crippen LogP contribution in [-0.4, -0.2) is 28.0 Å². The lowest BCUT2D eigenvalue weighted by Gasteiger charge is -2.08. The number of fused-ring (bicyclic) bond motifs is 1. The molecule has 0 aliphatic rings. The van der Waals surface area contributed by atoms with Gasteiger partial charge >= 0.3 is 0 Å². The molecule has 0 spiro atoms. The summed E-state index contributed by atoms with van der Waals surface area (Å²) >= 11 is 5.92. The standard InChI is InChI=1S/C22H22ClN5/c23-18-7-5-16(6-8-18)9-12-25-22-26-14-11-21(28-22)24-13-10-17-15-27-20-4-2-1-3-19(17)20/h1-8,11,14-15,27H,9-10,12-13H2,(H2,24,25,26,28). The van der Waals surface area contributed by atoms with Crippen molar-refractivity contribution in [1.29, 1.82) is 0 Å². The van der Waals surface area contributed by atoms with Crippen molar-refractivity contribution in [1.82, 2.24) is 15.0 Å². The number of hydrogen-bond donors (Lipinski definition) is 3. The van der Waals surface area contributed by atoms with E-state index in [-0.39, 0.29) is 0 Å². The van der Waals surface area contributed by atoms with Crippen LogP contribution in [0.15, 0.2) is 67.0 Å². The summed E-state index contributed by atoms with van der Waals surface area (Å²) in [4.78, 5) is 12.1. The maximum absolute atomic E-state index is 5.92. The summed E-state index contributed by atoms with van der Waals surface area (Å²) in [5, 5.41) is 8.69. The molecular formula is C22H22ClN5. The van der Waals surface area contributed by atoms with E-state index in [1.807, 2.05) is 36.4 Å². The van der Waals surface area contributed by atoms with Crippen LogP contribution in [0.1, 0.15) is 11.1 Å². The number of H-pyrrole nitrogens is 1. The molecule has 4 rings (SSSR count). The fourth-order valence-corrected chi connectivity index (χ4v) is 3.30. The van der Waals surface area contributed by atoms with Crippen molar-refractivity contribution in [2.75, 3.05) is 23.7 Å². The Balaban J connectivity index is 1.28. The van der Waals surface area contributed by atoms with Crippen molar-refractivity contribution < 1.29 is 0 Å². The maximum Gasteiger partial charge on any atom is 0.224 e. The zero-order valence-corrected chi connectivity index (χ0v) is 16.2. The predicted octanol–water partition coefficient (Wildman–Crippen LogP) is 4.92. The number of aromatic amines is 1. The van der Waals surface area contributed by atoms with Crippen LogP contribution >= 0.6 is 11.6 Å². The van der Waals surface area contributed by atoms with E-state index in [1.54, 1.807) is 6.20 Å². The van der Waals surface area contributed by atoms with Crippen LogP contribution in [0.25, 0.3) is 10.9 Å². The van der Waals surface area contributed by atoms with E-state index >= 15 is 0 Å². The highest BCUT2D eigenvalue weighted by Crippen LogP contribution is 2.18. The van der Waals surface area contributed by atoms with Crippen LogP contribution in [0.2, 0.25) is 5.02 Å². The Morgan fingerprint density at radius 2 is 1.71 bits per heavy atom. The molecule has 0 aliphatic heterocycles. The zero-order valence-electron chi connectivity index (χ0n) is 15.5. The molecule has 4 aromatic rings. The van der Waals surface area contributed by atoms with Gasteiger partial charge in [0.1, 0.15) is 5.82 Å². The average Bonchev–Trinajstić information content (AvgIpc) is 3.13. The summed E-state index contributed by atoms with van der Waals surface area (Å²) in [6.45, 7) is 1.57. The van der Waals surface area contributed by atoms with Gasteiger partial charge in [-0.15, -0.1) is 0 Å². The van der Waals surface area contributed by atoms with Crippen LogP contribution in [-0.2, 0) is 12.8 Å². The van der Waals surface area contributed by atoms with Gasteiger partial charge in [-0.25, -0.2) is 4.98 Å². The zero-order chi connectivity index (χ0) is 19.2. The number of nitrogens with zero attached hydrogens (tertiary/aromatic N) is 2. The average molecular weight is 392 g/mol. The molecule has 0 saturated heterocycles. The van der Waals surface area contributed by atoms with Gasteiger partial charge in [0.15, 0.2) is 0 Å². The summed E-state index contributed by atoms with van der Waals surface area (Å²) < 4.78 is 0. The quantitative estimate of drug-likeness (QED) is 0.399. The van der Waals surface area contributed by atoms with Gasteiger partial charge in [-0.2, -0.15) is 4.98 Å². The molecule has 2 aromatic heterocycles. The molecule has 0 amide bonds. The van der Waals surface area contributed by atoms with Crippen LogP contribution < -0.4 is 10.6 Å². The second-order valence-corrected chi connectivity index (χ2v) is 7.04. The van der Waals surface area contributed by atoms with Crippen LogP contribution in [0, 0.1) is 0 Å². The molecule has 0 radical (unpaired) electrons. The minimum Gasteiger partial charge on any atom is -0.370 e. The number of hydrogen-bond acceptors (Lipinski definition) is 4. The first kappa shape index (κ1) is 18.3. The van der Waals surface area contributed by atoms with Crippen LogP contribution in [0.3, 0.4) is 0 Å². The smallest absolute Gasteiger partial charge is 0.224 e. The highest BCUT2D eigenvalue weighted by molar-refractivity contribution is 6.30. The third-order valence-corrected chi connectivity index (χ3v) is 4.89. The van der Waals surface area contributed by atoms with Crippen molar-refractivity contribution in [2.45, 2.75) is 12.8 Å². The van der Waals surface area contributed by atoms with E-state index < -0.39 is 0 Å². The summed E-state index contributed by atoms with van der Waals surface area (Å²) in [7, 11) is 0. The van der Waals surface area contributed by atoms with Gasteiger partial charge in [0, 0.05) is 41.4 Å². The Morgan fingerprint density at radius 1 is 0.893 bits per heavy atom. The highest BCUT2D eigenvalue weighted by Gasteiger charge is 2.04. The number of rotatable bonds is 8. The van der Waals surface area contributed by atoms with Gasteiger partial charge in [-0.1, -0.05) is 41.9 Å². The fourth-order valence-electron chi connectivity index (χ4n) is 3.18.